The molecule has 2 aromatic carbocycles. The van der Waals surface area contributed by atoms with Gasteiger partial charge in [0.15, 0.2) is 0 Å². The van der Waals surface area contributed by atoms with Gasteiger partial charge in [-0.3, -0.25) is 0 Å². The average molecular weight is 220 g/mol. The molecule has 0 atom stereocenters. The monoisotopic (exact) mass is 220 g/mol. The Kier molecular flexibility index (Phi) is 2.64. The zero-order chi connectivity index (χ0) is 10.8. The first-order chi connectivity index (χ1) is 7.18. The van der Waals surface area contributed by atoms with Gasteiger partial charge in [0.2, 0.25) is 0 Å². The molecular weight excluding hydrogens is 211 g/mol. The van der Waals surface area contributed by atoms with Crippen molar-refractivity contribution in [3.8, 4) is 16.9 Å². The summed E-state index contributed by atoms with van der Waals surface area (Å²) in [5, 5.41) is 9.55. The molecule has 0 aliphatic heterocycles. The fraction of sp³-hybridized carbons (Fsp3) is 0. The third-order valence-corrected chi connectivity index (χ3v) is 2.45. The number of hydrogen-bond donors (Lipinski definition) is 2. The predicted molar refractivity (Wildman–Crippen MR) is 60.8 cm³/mol. The van der Waals surface area contributed by atoms with Gasteiger partial charge in [0.05, 0.1) is 5.56 Å². The van der Waals surface area contributed by atoms with Gasteiger partial charge in [-0.05, 0) is 29.8 Å². The van der Waals surface area contributed by atoms with Crippen LogP contribution < -0.4 is 0 Å². The van der Waals surface area contributed by atoms with Crippen molar-refractivity contribution < 1.29 is 9.50 Å². The number of thiol groups is 1. The zero-order valence-corrected chi connectivity index (χ0v) is 8.71. The second-order valence-corrected chi connectivity index (χ2v) is 3.70. The van der Waals surface area contributed by atoms with E-state index in [-0.39, 0.29) is 11.3 Å². The zero-order valence-electron chi connectivity index (χ0n) is 7.81. The highest BCUT2D eigenvalue weighted by Gasteiger charge is 2.09. The standard InChI is InChI=1S/C12H9FOS/c13-10-2-1-3-11(14)12(10)8-4-6-9(15)7-5-8/h1-7,14-15H. The van der Waals surface area contributed by atoms with Gasteiger partial charge in [0.25, 0.3) is 0 Å². The molecule has 76 valence electrons. The summed E-state index contributed by atoms with van der Waals surface area (Å²) < 4.78 is 13.5. The molecule has 0 spiro atoms. The van der Waals surface area contributed by atoms with Gasteiger partial charge >= 0.3 is 0 Å². The fourth-order valence-corrected chi connectivity index (χ4v) is 1.58. The van der Waals surface area contributed by atoms with Crippen molar-refractivity contribution in [2.24, 2.45) is 0 Å². The van der Waals surface area contributed by atoms with Crippen molar-refractivity contribution in [2.45, 2.75) is 4.90 Å². The average Bonchev–Trinajstić information content (AvgIpc) is 2.20. The summed E-state index contributed by atoms with van der Waals surface area (Å²) in [5.74, 6) is -0.483. The molecule has 0 aliphatic rings. The first kappa shape index (κ1) is 10.1. The van der Waals surface area contributed by atoms with Crippen LogP contribution in [0.4, 0.5) is 4.39 Å². The molecule has 0 radical (unpaired) electrons. The van der Waals surface area contributed by atoms with Crippen LogP contribution in [0.15, 0.2) is 47.4 Å². The summed E-state index contributed by atoms with van der Waals surface area (Å²) in [4.78, 5) is 0.801. The van der Waals surface area contributed by atoms with Crippen LogP contribution in [0.2, 0.25) is 0 Å². The van der Waals surface area contributed by atoms with Crippen molar-refractivity contribution >= 4 is 12.6 Å². The van der Waals surface area contributed by atoms with E-state index < -0.39 is 5.82 Å². The van der Waals surface area contributed by atoms with Gasteiger partial charge in [0.1, 0.15) is 11.6 Å². The van der Waals surface area contributed by atoms with Crippen LogP contribution >= 0.6 is 12.6 Å². The van der Waals surface area contributed by atoms with Crippen molar-refractivity contribution in [2.75, 3.05) is 0 Å². The minimum absolute atomic E-state index is 0.0538. The van der Waals surface area contributed by atoms with Crippen LogP contribution in [0.25, 0.3) is 11.1 Å². The highest BCUT2D eigenvalue weighted by molar-refractivity contribution is 7.80. The fourth-order valence-electron chi connectivity index (χ4n) is 1.43. The second-order valence-electron chi connectivity index (χ2n) is 3.18. The number of halogens is 1. The van der Waals surface area contributed by atoms with Crippen LogP contribution in [-0.4, -0.2) is 5.11 Å². The molecule has 0 aromatic heterocycles. The molecule has 0 saturated heterocycles. The molecule has 15 heavy (non-hydrogen) atoms. The van der Waals surface area contributed by atoms with Crippen LogP contribution in [0.3, 0.4) is 0 Å². The SMILES string of the molecule is Oc1cccc(F)c1-c1ccc(S)cc1. The van der Waals surface area contributed by atoms with Crippen molar-refractivity contribution in [3.63, 3.8) is 0 Å². The molecule has 3 heteroatoms. The van der Waals surface area contributed by atoms with E-state index in [4.69, 9.17) is 0 Å². The van der Waals surface area contributed by atoms with E-state index >= 15 is 0 Å². The molecule has 0 heterocycles. The Hall–Kier alpha value is -1.48. The largest absolute Gasteiger partial charge is 0.507 e. The Balaban J connectivity index is 2.58. The first-order valence-electron chi connectivity index (χ1n) is 4.45. The topological polar surface area (TPSA) is 20.2 Å². The summed E-state index contributed by atoms with van der Waals surface area (Å²) in [6.07, 6.45) is 0. The lowest BCUT2D eigenvalue weighted by Gasteiger charge is -2.05. The smallest absolute Gasteiger partial charge is 0.134 e. The minimum Gasteiger partial charge on any atom is -0.507 e. The quantitative estimate of drug-likeness (QED) is 0.705. The summed E-state index contributed by atoms with van der Waals surface area (Å²) in [7, 11) is 0. The van der Waals surface area contributed by atoms with E-state index in [0.29, 0.717) is 5.56 Å². The summed E-state index contributed by atoms with van der Waals surface area (Å²) in [6.45, 7) is 0. The van der Waals surface area contributed by atoms with Gasteiger partial charge in [-0.25, -0.2) is 4.39 Å². The Morgan fingerprint density at radius 2 is 1.67 bits per heavy atom. The van der Waals surface area contributed by atoms with Crippen molar-refractivity contribution in [1.29, 1.82) is 0 Å². The lowest BCUT2D eigenvalue weighted by Crippen LogP contribution is -1.84. The third-order valence-electron chi connectivity index (χ3n) is 2.15. The third kappa shape index (κ3) is 1.97. The molecular formula is C12H9FOS. The van der Waals surface area contributed by atoms with Crippen LogP contribution in [0.5, 0.6) is 5.75 Å². The Morgan fingerprint density at radius 3 is 2.27 bits per heavy atom. The molecule has 0 unspecified atom stereocenters. The maximum atomic E-state index is 13.5. The number of hydrogen-bond acceptors (Lipinski definition) is 2. The van der Waals surface area contributed by atoms with Gasteiger partial charge in [0, 0.05) is 4.90 Å². The summed E-state index contributed by atoms with van der Waals surface area (Å²) >= 11 is 4.14. The van der Waals surface area contributed by atoms with Crippen LogP contribution in [-0.2, 0) is 0 Å². The number of rotatable bonds is 1. The van der Waals surface area contributed by atoms with Gasteiger partial charge < -0.3 is 5.11 Å². The number of aromatic hydroxyl groups is 1. The van der Waals surface area contributed by atoms with E-state index in [2.05, 4.69) is 12.6 Å². The van der Waals surface area contributed by atoms with Gasteiger partial charge in [-0.2, -0.15) is 0 Å². The molecule has 0 amide bonds. The molecule has 2 aromatic rings. The van der Waals surface area contributed by atoms with Crippen molar-refractivity contribution in [1.82, 2.24) is 0 Å². The molecule has 0 saturated carbocycles. The Morgan fingerprint density at radius 1 is 1.00 bits per heavy atom. The minimum atomic E-state index is -0.429. The number of benzene rings is 2. The normalized spacial score (nSPS) is 10.3. The van der Waals surface area contributed by atoms with Crippen molar-refractivity contribution in [3.05, 3.63) is 48.3 Å². The highest BCUT2D eigenvalue weighted by Crippen LogP contribution is 2.31. The summed E-state index contributed by atoms with van der Waals surface area (Å²) in [6, 6.07) is 11.2. The highest BCUT2D eigenvalue weighted by atomic mass is 32.1. The maximum absolute atomic E-state index is 13.5. The van der Waals surface area contributed by atoms with E-state index in [0.717, 1.165) is 4.90 Å². The molecule has 2 rings (SSSR count). The predicted octanol–water partition coefficient (Wildman–Crippen LogP) is 3.49. The number of phenolic OH excluding ortho intramolecular Hbond substituents is 1. The molecule has 0 bridgehead atoms. The molecule has 0 fully saturated rings. The Labute approximate surface area is 92.6 Å². The van der Waals surface area contributed by atoms with Crippen LogP contribution in [0, 0.1) is 5.82 Å². The molecule has 0 aliphatic carbocycles. The van der Waals surface area contributed by atoms with Gasteiger partial charge in [-0.1, -0.05) is 18.2 Å². The maximum Gasteiger partial charge on any atom is 0.134 e. The van der Waals surface area contributed by atoms with E-state index in [1.54, 1.807) is 24.3 Å². The Bertz CT molecular complexity index is 459. The lowest BCUT2D eigenvalue weighted by atomic mass is 10.0. The summed E-state index contributed by atoms with van der Waals surface area (Å²) in [5.41, 5.74) is 0.870. The van der Waals surface area contributed by atoms with E-state index in [9.17, 15) is 9.50 Å². The number of phenols is 1. The second kappa shape index (κ2) is 3.95. The first-order valence-corrected chi connectivity index (χ1v) is 4.90. The molecule has 1 N–H and O–H groups in total. The van der Waals surface area contributed by atoms with Crippen LogP contribution in [0.1, 0.15) is 0 Å². The van der Waals surface area contributed by atoms with E-state index in [1.807, 2.05) is 0 Å². The lowest BCUT2D eigenvalue weighted by molar-refractivity contribution is 0.472. The van der Waals surface area contributed by atoms with Gasteiger partial charge in [-0.15, -0.1) is 12.6 Å². The van der Waals surface area contributed by atoms with E-state index in [1.165, 1.54) is 18.2 Å². The molecule has 1 nitrogen and oxygen atoms in total.